The molecule has 0 unspecified atom stereocenters. The summed E-state index contributed by atoms with van der Waals surface area (Å²) in [4.78, 5) is 9.26. The van der Waals surface area contributed by atoms with Gasteiger partial charge in [-0.05, 0) is 30.3 Å². The topological polar surface area (TPSA) is 38.9 Å². The standard InChI is InChI=1S/C14H8N2O/c1-2-4-11-10(3-1)15-12-5-6-13-9(7-8-17-13)14(12)16-11/h1-8H. The fourth-order valence-corrected chi connectivity index (χ4v) is 2.13. The number of aromatic nitrogens is 2. The number of fused-ring (bicyclic) bond motifs is 4. The summed E-state index contributed by atoms with van der Waals surface area (Å²) in [6, 6.07) is 13.7. The van der Waals surface area contributed by atoms with Crippen LogP contribution in [-0.2, 0) is 0 Å². The third-order valence-electron chi connectivity index (χ3n) is 2.94. The molecule has 0 amide bonds. The second-order valence-corrected chi connectivity index (χ2v) is 3.98. The van der Waals surface area contributed by atoms with E-state index in [-0.39, 0.29) is 0 Å². The molecular weight excluding hydrogens is 212 g/mol. The van der Waals surface area contributed by atoms with Gasteiger partial charge in [-0.1, -0.05) is 12.1 Å². The average Bonchev–Trinajstić information content (AvgIpc) is 2.85. The predicted octanol–water partition coefficient (Wildman–Crippen LogP) is 3.53. The smallest absolute Gasteiger partial charge is 0.136 e. The van der Waals surface area contributed by atoms with Crippen LogP contribution < -0.4 is 0 Å². The van der Waals surface area contributed by atoms with Gasteiger partial charge in [-0.2, -0.15) is 0 Å². The highest BCUT2D eigenvalue weighted by molar-refractivity contribution is 6.03. The van der Waals surface area contributed by atoms with E-state index in [0.29, 0.717) is 0 Å². The Morgan fingerprint density at radius 2 is 1.59 bits per heavy atom. The van der Waals surface area contributed by atoms with Crippen LogP contribution in [-0.4, -0.2) is 9.97 Å². The molecule has 2 aromatic heterocycles. The minimum absolute atomic E-state index is 0.849. The Hall–Kier alpha value is -2.42. The van der Waals surface area contributed by atoms with E-state index >= 15 is 0 Å². The summed E-state index contributed by atoms with van der Waals surface area (Å²) in [6.07, 6.45) is 1.68. The maximum atomic E-state index is 5.37. The van der Waals surface area contributed by atoms with Crippen molar-refractivity contribution in [2.75, 3.05) is 0 Å². The van der Waals surface area contributed by atoms with Crippen LogP contribution in [0.15, 0.2) is 53.1 Å². The molecule has 4 rings (SSSR count). The number of rotatable bonds is 0. The molecule has 3 nitrogen and oxygen atoms in total. The summed E-state index contributed by atoms with van der Waals surface area (Å²) in [5.74, 6) is 0. The molecule has 0 bridgehead atoms. The van der Waals surface area contributed by atoms with Gasteiger partial charge in [0.1, 0.15) is 11.1 Å². The van der Waals surface area contributed by atoms with Gasteiger partial charge in [0.25, 0.3) is 0 Å². The average molecular weight is 220 g/mol. The molecule has 0 N–H and O–H groups in total. The van der Waals surface area contributed by atoms with E-state index in [1.54, 1.807) is 6.26 Å². The van der Waals surface area contributed by atoms with Crippen LogP contribution in [0, 0.1) is 0 Å². The minimum atomic E-state index is 0.849. The Morgan fingerprint density at radius 1 is 0.765 bits per heavy atom. The maximum absolute atomic E-state index is 5.37. The molecule has 0 aliphatic heterocycles. The fraction of sp³-hybridized carbons (Fsp3) is 0. The third-order valence-corrected chi connectivity index (χ3v) is 2.94. The van der Waals surface area contributed by atoms with Crippen molar-refractivity contribution in [2.45, 2.75) is 0 Å². The Morgan fingerprint density at radius 3 is 2.47 bits per heavy atom. The summed E-state index contributed by atoms with van der Waals surface area (Å²) < 4.78 is 5.37. The zero-order valence-electron chi connectivity index (χ0n) is 8.92. The molecule has 0 saturated heterocycles. The summed E-state index contributed by atoms with van der Waals surface area (Å²) in [7, 11) is 0. The second kappa shape index (κ2) is 3.04. The van der Waals surface area contributed by atoms with E-state index in [9.17, 15) is 0 Å². The van der Waals surface area contributed by atoms with Crippen molar-refractivity contribution in [3.8, 4) is 0 Å². The fourth-order valence-electron chi connectivity index (χ4n) is 2.13. The van der Waals surface area contributed by atoms with Gasteiger partial charge in [0.2, 0.25) is 0 Å². The van der Waals surface area contributed by atoms with E-state index in [0.717, 1.165) is 33.0 Å². The van der Waals surface area contributed by atoms with E-state index in [2.05, 4.69) is 9.97 Å². The molecule has 2 aromatic carbocycles. The lowest BCUT2D eigenvalue weighted by molar-refractivity contribution is 0.616. The van der Waals surface area contributed by atoms with Gasteiger partial charge >= 0.3 is 0 Å². The van der Waals surface area contributed by atoms with Gasteiger partial charge < -0.3 is 4.42 Å². The lowest BCUT2D eigenvalue weighted by atomic mass is 10.2. The highest BCUT2D eigenvalue weighted by Crippen LogP contribution is 2.25. The molecule has 0 spiro atoms. The number of hydrogen-bond acceptors (Lipinski definition) is 3. The number of benzene rings is 2. The molecule has 80 valence electrons. The Bertz CT molecular complexity index is 848. The lowest BCUT2D eigenvalue weighted by Gasteiger charge is -2.01. The van der Waals surface area contributed by atoms with Crippen LogP contribution in [0.4, 0.5) is 0 Å². The first kappa shape index (κ1) is 8.70. The third kappa shape index (κ3) is 1.16. The molecule has 0 radical (unpaired) electrons. The van der Waals surface area contributed by atoms with E-state index < -0.39 is 0 Å². The van der Waals surface area contributed by atoms with Crippen molar-refractivity contribution in [1.82, 2.24) is 9.97 Å². The largest absolute Gasteiger partial charge is 0.464 e. The number of para-hydroxylation sites is 2. The summed E-state index contributed by atoms with van der Waals surface area (Å²) in [5.41, 5.74) is 4.48. The molecule has 0 fully saturated rings. The monoisotopic (exact) mass is 220 g/mol. The van der Waals surface area contributed by atoms with Crippen LogP contribution in [0.25, 0.3) is 33.0 Å². The van der Waals surface area contributed by atoms with Gasteiger partial charge in [-0.15, -0.1) is 0 Å². The molecule has 3 heteroatoms. The molecule has 4 aromatic rings. The molecule has 0 aliphatic rings. The normalized spacial score (nSPS) is 11.5. The Balaban J connectivity index is 2.29. The first-order valence-electron chi connectivity index (χ1n) is 5.44. The van der Waals surface area contributed by atoms with Gasteiger partial charge in [0.15, 0.2) is 0 Å². The minimum Gasteiger partial charge on any atom is -0.464 e. The second-order valence-electron chi connectivity index (χ2n) is 3.98. The molecule has 0 aliphatic carbocycles. The molecule has 0 atom stereocenters. The van der Waals surface area contributed by atoms with Crippen molar-refractivity contribution in [3.63, 3.8) is 0 Å². The van der Waals surface area contributed by atoms with E-state index in [1.807, 2.05) is 42.5 Å². The molecule has 0 saturated carbocycles. The number of hydrogen-bond donors (Lipinski definition) is 0. The summed E-state index contributed by atoms with van der Waals surface area (Å²) in [5, 5.41) is 1.01. The van der Waals surface area contributed by atoms with Crippen molar-refractivity contribution in [2.24, 2.45) is 0 Å². The molecule has 2 heterocycles. The highest BCUT2D eigenvalue weighted by atomic mass is 16.3. The summed E-state index contributed by atoms with van der Waals surface area (Å²) in [6.45, 7) is 0. The number of nitrogens with zero attached hydrogens (tertiary/aromatic N) is 2. The zero-order chi connectivity index (χ0) is 11.2. The zero-order valence-corrected chi connectivity index (χ0v) is 8.92. The SMILES string of the molecule is c1ccc2nc3c(ccc4occc43)nc2c1. The van der Waals surface area contributed by atoms with Gasteiger partial charge in [-0.25, -0.2) is 9.97 Å². The van der Waals surface area contributed by atoms with Crippen LogP contribution in [0.2, 0.25) is 0 Å². The van der Waals surface area contributed by atoms with E-state index in [1.165, 1.54) is 0 Å². The van der Waals surface area contributed by atoms with Crippen LogP contribution >= 0.6 is 0 Å². The van der Waals surface area contributed by atoms with Crippen molar-refractivity contribution >= 4 is 33.0 Å². The predicted molar refractivity (Wildman–Crippen MR) is 66.8 cm³/mol. The number of furan rings is 1. The maximum Gasteiger partial charge on any atom is 0.136 e. The van der Waals surface area contributed by atoms with Gasteiger partial charge in [-0.3, -0.25) is 0 Å². The first-order chi connectivity index (χ1) is 8.42. The van der Waals surface area contributed by atoms with Gasteiger partial charge in [0.05, 0.1) is 22.8 Å². The van der Waals surface area contributed by atoms with Crippen LogP contribution in [0.3, 0.4) is 0 Å². The lowest BCUT2D eigenvalue weighted by Crippen LogP contribution is -1.86. The first-order valence-corrected chi connectivity index (χ1v) is 5.44. The Kier molecular flexibility index (Phi) is 1.56. The van der Waals surface area contributed by atoms with Crippen LogP contribution in [0.1, 0.15) is 0 Å². The van der Waals surface area contributed by atoms with Crippen molar-refractivity contribution in [3.05, 3.63) is 48.7 Å². The van der Waals surface area contributed by atoms with Crippen molar-refractivity contribution < 1.29 is 4.42 Å². The van der Waals surface area contributed by atoms with Crippen LogP contribution in [0.5, 0.6) is 0 Å². The molecule has 17 heavy (non-hydrogen) atoms. The quantitative estimate of drug-likeness (QED) is 0.425. The van der Waals surface area contributed by atoms with Crippen molar-refractivity contribution in [1.29, 1.82) is 0 Å². The van der Waals surface area contributed by atoms with E-state index in [4.69, 9.17) is 4.42 Å². The highest BCUT2D eigenvalue weighted by Gasteiger charge is 2.06. The molecular formula is C14H8N2O. The Labute approximate surface area is 96.7 Å². The summed E-state index contributed by atoms with van der Waals surface area (Å²) >= 11 is 0. The van der Waals surface area contributed by atoms with Gasteiger partial charge in [0, 0.05) is 5.39 Å².